The van der Waals surface area contributed by atoms with Gasteiger partial charge in [0.25, 0.3) is 5.91 Å². The smallest absolute Gasteiger partial charge is 0.254 e. The van der Waals surface area contributed by atoms with Gasteiger partial charge in [-0.15, -0.1) is 0 Å². The fraction of sp³-hybridized carbons (Fsp3) is 0.133. The van der Waals surface area contributed by atoms with Crippen LogP contribution in [-0.4, -0.2) is 5.91 Å². The third kappa shape index (κ3) is 3.39. The Morgan fingerprint density at radius 2 is 1.67 bits per heavy atom. The molecule has 0 saturated carbocycles. The highest BCUT2D eigenvalue weighted by Gasteiger charge is 2.16. The summed E-state index contributed by atoms with van der Waals surface area (Å²) in [5.74, 6) is -4.60. The van der Waals surface area contributed by atoms with Gasteiger partial charge in [-0.05, 0) is 36.8 Å². The van der Waals surface area contributed by atoms with Crippen LogP contribution >= 0.6 is 0 Å². The van der Waals surface area contributed by atoms with E-state index in [4.69, 9.17) is 0 Å². The second-order valence-electron chi connectivity index (χ2n) is 4.49. The van der Waals surface area contributed by atoms with Crippen LogP contribution in [0.1, 0.15) is 28.9 Å². The van der Waals surface area contributed by atoms with E-state index in [1.807, 2.05) is 0 Å². The minimum atomic E-state index is -1.04. The summed E-state index contributed by atoms with van der Waals surface area (Å²) in [5.41, 5.74) is -0.00407. The number of benzene rings is 2. The SMILES string of the molecule is C[C@H](NC(=O)c1ccc(F)cc1F)c1ccc(F)c(F)c1. The Morgan fingerprint density at radius 3 is 2.29 bits per heavy atom. The monoisotopic (exact) mass is 297 g/mol. The molecule has 2 aromatic carbocycles. The minimum Gasteiger partial charge on any atom is -0.345 e. The van der Waals surface area contributed by atoms with Gasteiger partial charge in [0, 0.05) is 6.07 Å². The Labute approximate surface area is 118 Å². The van der Waals surface area contributed by atoms with Crippen LogP contribution in [0.15, 0.2) is 36.4 Å². The van der Waals surface area contributed by atoms with Gasteiger partial charge in [-0.2, -0.15) is 0 Å². The topological polar surface area (TPSA) is 29.1 Å². The first-order valence-corrected chi connectivity index (χ1v) is 6.09. The molecule has 0 heterocycles. The van der Waals surface area contributed by atoms with Gasteiger partial charge < -0.3 is 5.32 Å². The second-order valence-corrected chi connectivity index (χ2v) is 4.49. The largest absolute Gasteiger partial charge is 0.345 e. The summed E-state index contributed by atoms with van der Waals surface area (Å²) in [4.78, 5) is 11.9. The summed E-state index contributed by atoms with van der Waals surface area (Å²) in [6.07, 6.45) is 0. The molecular formula is C15H11F4NO. The normalized spacial score (nSPS) is 12.0. The van der Waals surface area contributed by atoms with Crippen LogP contribution in [0, 0.1) is 23.3 Å². The predicted octanol–water partition coefficient (Wildman–Crippen LogP) is 3.73. The lowest BCUT2D eigenvalue weighted by Crippen LogP contribution is -2.27. The van der Waals surface area contributed by atoms with E-state index < -0.39 is 35.2 Å². The van der Waals surface area contributed by atoms with E-state index in [0.29, 0.717) is 11.6 Å². The van der Waals surface area contributed by atoms with Crippen molar-refractivity contribution in [3.8, 4) is 0 Å². The number of halogens is 4. The van der Waals surface area contributed by atoms with E-state index in [2.05, 4.69) is 5.32 Å². The Bertz CT molecular complexity index is 687. The van der Waals surface area contributed by atoms with Gasteiger partial charge in [-0.1, -0.05) is 6.07 Å². The van der Waals surface area contributed by atoms with Crippen LogP contribution in [0.2, 0.25) is 0 Å². The van der Waals surface area contributed by atoms with Crippen LogP contribution in [-0.2, 0) is 0 Å². The lowest BCUT2D eigenvalue weighted by molar-refractivity contribution is 0.0935. The maximum Gasteiger partial charge on any atom is 0.254 e. The Hall–Kier alpha value is -2.37. The van der Waals surface area contributed by atoms with E-state index >= 15 is 0 Å². The van der Waals surface area contributed by atoms with Crippen LogP contribution < -0.4 is 5.32 Å². The van der Waals surface area contributed by atoms with E-state index in [1.54, 1.807) is 0 Å². The van der Waals surface area contributed by atoms with Crippen LogP contribution in [0.4, 0.5) is 17.6 Å². The Kier molecular flexibility index (Phi) is 4.26. The molecule has 21 heavy (non-hydrogen) atoms. The molecule has 0 radical (unpaired) electrons. The summed E-state index contributed by atoms with van der Waals surface area (Å²) in [5, 5.41) is 2.43. The molecule has 2 rings (SSSR count). The Balaban J connectivity index is 2.16. The average molecular weight is 297 g/mol. The molecule has 6 heteroatoms. The number of hydrogen-bond donors (Lipinski definition) is 1. The van der Waals surface area contributed by atoms with Crippen molar-refractivity contribution >= 4 is 5.91 Å². The average Bonchev–Trinajstić information content (AvgIpc) is 2.41. The highest BCUT2D eigenvalue weighted by Crippen LogP contribution is 2.17. The molecule has 2 aromatic rings. The molecule has 0 aliphatic rings. The number of amides is 1. The molecule has 1 N–H and O–H groups in total. The zero-order valence-corrected chi connectivity index (χ0v) is 11.0. The lowest BCUT2D eigenvalue weighted by atomic mass is 10.1. The first kappa shape index (κ1) is 15.0. The number of carbonyl (C=O) groups is 1. The predicted molar refractivity (Wildman–Crippen MR) is 68.6 cm³/mol. The molecule has 0 unspecified atom stereocenters. The van der Waals surface area contributed by atoms with Gasteiger partial charge in [0.15, 0.2) is 11.6 Å². The number of carbonyl (C=O) groups excluding carboxylic acids is 1. The number of rotatable bonds is 3. The standard InChI is InChI=1S/C15H11F4NO/c1-8(9-2-5-12(17)14(19)6-9)20-15(21)11-4-3-10(16)7-13(11)18/h2-8H,1H3,(H,20,21)/t8-/m0/s1. The summed E-state index contributed by atoms with van der Waals surface area (Å²) in [6, 6.07) is 5.09. The van der Waals surface area contributed by atoms with Crippen molar-refractivity contribution in [3.63, 3.8) is 0 Å². The van der Waals surface area contributed by atoms with Crippen molar-refractivity contribution in [1.82, 2.24) is 5.32 Å². The number of hydrogen-bond acceptors (Lipinski definition) is 1. The number of nitrogens with one attached hydrogen (secondary N) is 1. The molecule has 0 bridgehead atoms. The van der Waals surface area contributed by atoms with Crippen LogP contribution in [0.3, 0.4) is 0 Å². The van der Waals surface area contributed by atoms with Gasteiger partial charge in [0.1, 0.15) is 11.6 Å². The first-order valence-electron chi connectivity index (χ1n) is 6.09. The molecule has 0 spiro atoms. The van der Waals surface area contributed by atoms with Gasteiger partial charge in [0.2, 0.25) is 0 Å². The summed E-state index contributed by atoms with van der Waals surface area (Å²) >= 11 is 0. The molecule has 1 amide bonds. The molecule has 0 fully saturated rings. The van der Waals surface area contributed by atoms with Crippen molar-refractivity contribution in [1.29, 1.82) is 0 Å². The van der Waals surface area contributed by atoms with Gasteiger partial charge >= 0.3 is 0 Å². The summed E-state index contributed by atoms with van der Waals surface area (Å²) in [6.45, 7) is 1.53. The molecule has 2 nitrogen and oxygen atoms in total. The fourth-order valence-corrected chi connectivity index (χ4v) is 1.81. The van der Waals surface area contributed by atoms with Crippen molar-refractivity contribution in [2.75, 3.05) is 0 Å². The molecule has 0 aromatic heterocycles. The molecular weight excluding hydrogens is 286 g/mol. The third-order valence-electron chi connectivity index (χ3n) is 2.97. The lowest BCUT2D eigenvalue weighted by Gasteiger charge is -2.15. The zero-order chi connectivity index (χ0) is 15.6. The van der Waals surface area contributed by atoms with Gasteiger partial charge in [0.05, 0.1) is 11.6 Å². The highest BCUT2D eigenvalue weighted by atomic mass is 19.2. The maximum atomic E-state index is 13.5. The summed E-state index contributed by atoms with van der Waals surface area (Å²) < 4.78 is 52.2. The van der Waals surface area contributed by atoms with E-state index in [0.717, 1.165) is 24.3 Å². The second kappa shape index (κ2) is 5.95. The van der Waals surface area contributed by atoms with E-state index in [1.165, 1.54) is 13.0 Å². The van der Waals surface area contributed by atoms with Gasteiger partial charge in [-0.3, -0.25) is 4.79 Å². The first-order chi connectivity index (χ1) is 9.88. The van der Waals surface area contributed by atoms with Crippen molar-refractivity contribution < 1.29 is 22.4 Å². The minimum absolute atomic E-state index is 0.324. The molecule has 1 atom stereocenters. The maximum absolute atomic E-state index is 13.5. The zero-order valence-electron chi connectivity index (χ0n) is 11.0. The highest BCUT2D eigenvalue weighted by molar-refractivity contribution is 5.94. The fourth-order valence-electron chi connectivity index (χ4n) is 1.81. The van der Waals surface area contributed by atoms with E-state index in [-0.39, 0.29) is 5.56 Å². The summed E-state index contributed by atoms with van der Waals surface area (Å²) in [7, 11) is 0. The van der Waals surface area contributed by atoms with Crippen LogP contribution in [0.25, 0.3) is 0 Å². The van der Waals surface area contributed by atoms with Crippen molar-refractivity contribution in [2.24, 2.45) is 0 Å². The van der Waals surface area contributed by atoms with Gasteiger partial charge in [-0.25, -0.2) is 17.6 Å². The molecule has 0 saturated heterocycles. The Morgan fingerprint density at radius 1 is 0.952 bits per heavy atom. The quantitative estimate of drug-likeness (QED) is 0.859. The van der Waals surface area contributed by atoms with Crippen molar-refractivity contribution in [2.45, 2.75) is 13.0 Å². The van der Waals surface area contributed by atoms with Crippen LogP contribution in [0.5, 0.6) is 0 Å². The van der Waals surface area contributed by atoms with Crippen molar-refractivity contribution in [3.05, 3.63) is 70.8 Å². The van der Waals surface area contributed by atoms with E-state index in [9.17, 15) is 22.4 Å². The molecule has 0 aliphatic carbocycles. The molecule has 110 valence electrons. The third-order valence-corrected chi connectivity index (χ3v) is 2.97. The molecule has 0 aliphatic heterocycles.